The molecule has 0 aliphatic rings. The summed E-state index contributed by atoms with van der Waals surface area (Å²) in [6, 6.07) is 6.66. The van der Waals surface area contributed by atoms with Gasteiger partial charge in [0.15, 0.2) is 0 Å². The van der Waals surface area contributed by atoms with Crippen LogP contribution in [-0.2, 0) is 16.1 Å². The lowest BCUT2D eigenvalue weighted by atomic mass is 10.1. The lowest BCUT2D eigenvalue weighted by molar-refractivity contribution is -0.141. The Bertz CT molecular complexity index is 552. The monoisotopic (exact) mass is 306 g/mol. The molecule has 0 bridgehead atoms. The third kappa shape index (κ3) is 6.62. The molecule has 22 heavy (non-hydrogen) atoms. The van der Waals surface area contributed by atoms with Crippen LogP contribution >= 0.6 is 0 Å². The zero-order chi connectivity index (χ0) is 16.4. The highest BCUT2D eigenvalue weighted by atomic mass is 16.5. The third-order valence-corrected chi connectivity index (χ3v) is 2.97. The summed E-state index contributed by atoms with van der Waals surface area (Å²) in [7, 11) is 0. The number of aliphatic carboxylic acids is 1. The highest BCUT2D eigenvalue weighted by Gasteiger charge is 2.10. The molecule has 1 aromatic carbocycles. The fraction of sp³-hybridized carbons (Fsp3) is 0.429. The molecule has 0 aliphatic heterocycles. The van der Waals surface area contributed by atoms with Gasteiger partial charge in [0.25, 0.3) is 0 Å². The Balaban J connectivity index is 2.22. The number of benzene rings is 1. The molecule has 1 rings (SSSR count). The van der Waals surface area contributed by atoms with Gasteiger partial charge in [-0.05, 0) is 23.9 Å². The highest BCUT2D eigenvalue weighted by molar-refractivity contribution is 5.69. The summed E-state index contributed by atoms with van der Waals surface area (Å²) in [5.41, 5.74) is 9.54. The first-order chi connectivity index (χ1) is 10.5. The van der Waals surface area contributed by atoms with Crippen LogP contribution in [0.4, 0.5) is 10.5 Å². The topological polar surface area (TPSA) is 124 Å². The molecule has 0 aliphatic carbocycles. The number of rotatable bonds is 8. The number of nitrogens with one attached hydrogen (secondary N) is 1. The van der Waals surface area contributed by atoms with E-state index >= 15 is 0 Å². The maximum Gasteiger partial charge on any atom is 0.407 e. The van der Waals surface area contributed by atoms with Gasteiger partial charge in [-0.3, -0.25) is 4.79 Å². The number of alkyl carbamates (subject to hydrolysis) is 1. The van der Waals surface area contributed by atoms with Crippen molar-refractivity contribution in [1.82, 2.24) is 5.32 Å². The molecular weight excluding hydrogens is 288 g/mol. The van der Waals surface area contributed by atoms with Crippen molar-refractivity contribution in [2.24, 2.45) is 11.0 Å². The van der Waals surface area contributed by atoms with E-state index in [2.05, 4.69) is 15.3 Å². The summed E-state index contributed by atoms with van der Waals surface area (Å²) in [6.45, 7) is 2.10. The Kier molecular flexibility index (Phi) is 7.28. The van der Waals surface area contributed by atoms with Crippen molar-refractivity contribution in [1.29, 1.82) is 0 Å². The van der Waals surface area contributed by atoms with Crippen LogP contribution in [0.2, 0.25) is 0 Å². The number of ether oxygens (including phenoxy) is 1. The molecule has 0 fully saturated rings. The van der Waals surface area contributed by atoms with Crippen molar-refractivity contribution >= 4 is 17.7 Å². The minimum Gasteiger partial charge on any atom is -0.481 e. The van der Waals surface area contributed by atoms with Crippen LogP contribution in [0.15, 0.2) is 29.4 Å². The molecule has 0 saturated carbocycles. The summed E-state index contributed by atoms with van der Waals surface area (Å²) in [5, 5.41) is 14.7. The summed E-state index contributed by atoms with van der Waals surface area (Å²) in [4.78, 5) is 24.7. The number of azide groups is 1. The molecule has 0 heterocycles. The van der Waals surface area contributed by atoms with Gasteiger partial charge in [0.2, 0.25) is 0 Å². The van der Waals surface area contributed by atoms with Gasteiger partial charge in [0.05, 0.1) is 5.92 Å². The van der Waals surface area contributed by atoms with E-state index < -0.39 is 18.0 Å². The van der Waals surface area contributed by atoms with Crippen LogP contribution in [0.3, 0.4) is 0 Å². The van der Waals surface area contributed by atoms with Gasteiger partial charge in [-0.1, -0.05) is 36.3 Å². The number of carbonyl (C=O) groups is 2. The lowest BCUT2D eigenvalue weighted by Gasteiger charge is -2.08. The second-order valence-corrected chi connectivity index (χ2v) is 4.74. The Hall–Kier alpha value is -2.73. The Morgan fingerprint density at radius 2 is 2.09 bits per heavy atom. The standard InChI is InChI=1S/C14H18N4O4/c1-10(13(19)20)3-2-8-16-14(21)22-9-11-4-6-12(7-5-11)17-18-15/h4-7,10H,2-3,8-9H2,1H3,(H,16,21)(H,19,20)/t10-/m0/s1. The molecular formula is C14H18N4O4. The zero-order valence-electron chi connectivity index (χ0n) is 12.2. The van der Waals surface area contributed by atoms with Crippen molar-refractivity contribution in [3.05, 3.63) is 40.3 Å². The van der Waals surface area contributed by atoms with Crippen LogP contribution in [0.5, 0.6) is 0 Å². The van der Waals surface area contributed by atoms with E-state index in [1.807, 2.05) is 0 Å². The van der Waals surface area contributed by atoms with Crippen LogP contribution in [0.1, 0.15) is 25.3 Å². The summed E-state index contributed by atoms with van der Waals surface area (Å²) in [6.07, 6.45) is 0.516. The molecule has 8 nitrogen and oxygen atoms in total. The molecule has 0 radical (unpaired) electrons. The molecule has 8 heteroatoms. The Labute approximate surface area is 127 Å². The van der Waals surface area contributed by atoms with Crippen molar-refractivity contribution in [2.45, 2.75) is 26.4 Å². The van der Waals surface area contributed by atoms with E-state index in [9.17, 15) is 9.59 Å². The number of carboxylic acid groups (broad SMARTS) is 1. The van der Waals surface area contributed by atoms with Crippen LogP contribution in [0.25, 0.3) is 10.4 Å². The van der Waals surface area contributed by atoms with Gasteiger partial charge in [-0.15, -0.1) is 0 Å². The van der Waals surface area contributed by atoms with Gasteiger partial charge < -0.3 is 15.2 Å². The first kappa shape index (κ1) is 17.3. The van der Waals surface area contributed by atoms with E-state index in [1.165, 1.54) is 0 Å². The number of carboxylic acids is 1. The van der Waals surface area contributed by atoms with Crippen LogP contribution < -0.4 is 5.32 Å². The predicted molar refractivity (Wildman–Crippen MR) is 79.5 cm³/mol. The van der Waals surface area contributed by atoms with Gasteiger partial charge in [0, 0.05) is 17.1 Å². The van der Waals surface area contributed by atoms with Crippen molar-refractivity contribution in [3.63, 3.8) is 0 Å². The maximum absolute atomic E-state index is 11.4. The molecule has 0 spiro atoms. The second-order valence-electron chi connectivity index (χ2n) is 4.74. The van der Waals surface area contributed by atoms with E-state index in [0.717, 1.165) is 5.56 Å². The third-order valence-electron chi connectivity index (χ3n) is 2.97. The molecule has 1 atom stereocenters. The average molecular weight is 306 g/mol. The minimum absolute atomic E-state index is 0.105. The van der Waals surface area contributed by atoms with Gasteiger partial charge in [-0.25, -0.2) is 4.79 Å². The second kappa shape index (κ2) is 9.25. The molecule has 0 aromatic heterocycles. The van der Waals surface area contributed by atoms with Crippen LogP contribution in [-0.4, -0.2) is 23.7 Å². The molecule has 118 valence electrons. The summed E-state index contributed by atoms with van der Waals surface area (Å²) < 4.78 is 5.01. The maximum atomic E-state index is 11.4. The first-order valence-corrected chi connectivity index (χ1v) is 6.80. The zero-order valence-corrected chi connectivity index (χ0v) is 12.2. The smallest absolute Gasteiger partial charge is 0.407 e. The van der Waals surface area contributed by atoms with Gasteiger partial charge >= 0.3 is 12.1 Å². The minimum atomic E-state index is -0.841. The predicted octanol–water partition coefficient (Wildman–Crippen LogP) is 3.36. The Morgan fingerprint density at radius 1 is 1.41 bits per heavy atom. The van der Waals surface area contributed by atoms with Gasteiger partial charge in [0.1, 0.15) is 6.61 Å². The highest BCUT2D eigenvalue weighted by Crippen LogP contribution is 2.13. The largest absolute Gasteiger partial charge is 0.481 e. The lowest BCUT2D eigenvalue weighted by Crippen LogP contribution is -2.25. The molecule has 0 saturated heterocycles. The van der Waals surface area contributed by atoms with Crippen molar-refractivity contribution in [2.75, 3.05) is 6.54 Å². The van der Waals surface area contributed by atoms with Crippen molar-refractivity contribution < 1.29 is 19.4 Å². The molecule has 2 N–H and O–H groups in total. The van der Waals surface area contributed by atoms with E-state index in [-0.39, 0.29) is 6.61 Å². The number of nitrogens with zero attached hydrogens (tertiary/aromatic N) is 3. The SMILES string of the molecule is C[C@@H](CCCNC(=O)OCc1ccc(N=[N+]=[N-])cc1)C(=O)O. The molecule has 1 aromatic rings. The number of carbonyl (C=O) groups excluding carboxylic acids is 1. The summed E-state index contributed by atoms with van der Waals surface area (Å²) in [5.74, 6) is -1.26. The molecule has 0 unspecified atom stereocenters. The van der Waals surface area contributed by atoms with Crippen molar-refractivity contribution in [3.8, 4) is 0 Å². The number of hydrogen-bond acceptors (Lipinski definition) is 4. The Morgan fingerprint density at radius 3 is 2.68 bits per heavy atom. The van der Waals surface area contributed by atoms with E-state index in [1.54, 1.807) is 31.2 Å². The summed E-state index contributed by atoms with van der Waals surface area (Å²) >= 11 is 0. The fourth-order valence-corrected chi connectivity index (χ4v) is 1.63. The molecule has 1 amide bonds. The number of hydrogen-bond donors (Lipinski definition) is 2. The normalized spacial score (nSPS) is 11.1. The van der Waals surface area contributed by atoms with E-state index in [0.29, 0.717) is 25.1 Å². The van der Waals surface area contributed by atoms with Gasteiger partial charge in [-0.2, -0.15) is 0 Å². The number of amides is 1. The first-order valence-electron chi connectivity index (χ1n) is 6.80. The van der Waals surface area contributed by atoms with Crippen LogP contribution in [0, 0.1) is 5.92 Å². The quantitative estimate of drug-likeness (QED) is 0.330. The van der Waals surface area contributed by atoms with E-state index in [4.69, 9.17) is 15.4 Å². The average Bonchev–Trinajstić information content (AvgIpc) is 2.50. The fourth-order valence-electron chi connectivity index (χ4n) is 1.63.